The molecule has 112 valence electrons. The first kappa shape index (κ1) is 14.5. The van der Waals surface area contributed by atoms with E-state index in [0.717, 1.165) is 23.4 Å². The van der Waals surface area contributed by atoms with Crippen LogP contribution in [0.1, 0.15) is 30.9 Å². The van der Waals surface area contributed by atoms with Gasteiger partial charge in [-0.05, 0) is 36.6 Å². The summed E-state index contributed by atoms with van der Waals surface area (Å²) in [6.45, 7) is 2.19. The number of hydrogen-bond acceptors (Lipinski definition) is 2. The lowest BCUT2D eigenvalue weighted by Gasteiger charge is -2.07. The van der Waals surface area contributed by atoms with Gasteiger partial charge >= 0.3 is 0 Å². The number of fused-ring (bicyclic) bond motifs is 1. The third-order valence-corrected chi connectivity index (χ3v) is 4.02. The van der Waals surface area contributed by atoms with Gasteiger partial charge in [-0.3, -0.25) is 4.79 Å². The second kappa shape index (κ2) is 6.14. The molecule has 0 saturated heterocycles. The molecule has 3 rings (SSSR count). The molecule has 1 aliphatic rings. The molecule has 0 saturated carbocycles. The minimum absolute atomic E-state index is 0.0451. The maximum atomic E-state index is 12.4. The number of carbonyl (C=O) groups is 1. The number of rotatable bonds is 4. The van der Waals surface area contributed by atoms with Crippen molar-refractivity contribution < 1.29 is 4.79 Å². The van der Waals surface area contributed by atoms with Crippen molar-refractivity contribution in [3.8, 4) is 0 Å². The minimum atomic E-state index is -0.0451. The molecule has 3 nitrogen and oxygen atoms in total. The molecule has 0 aromatic heterocycles. The van der Waals surface area contributed by atoms with Gasteiger partial charge in [-0.1, -0.05) is 43.7 Å². The summed E-state index contributed by atoms with van der Waals surface area (Å²) >= 11 is 0. The zero-order valence-corrected chi connectivity index (χ0v) is 13.0. The lowest BCUT2D eigenvalue weighted by atomic mass is 10.1. The molecule has 1 amide bonds. The topological polar surface area (TPSA) is 32.7 Å². The second-order valence-corrected chi connectivity index (χ2v) is 5.61. The molecule has 1 aliphatic heterocycles. The number of hydrogen-bond donors (Lipinski definition) is 0. The Hall–Kier alpha value is -2.42. The predicted molar refractivity (Wildman–Crippen MR) is 91.1 cm³/mol. The first-order chi connectivity index (χ1) is 10.7. The molecule has 0 spiro atoms. The summed E-state index contributed by atoms with van der Waals surface area (Å²) in [6.07, 6.45) is 3.49. The Bertz CT molecular complexity index is 716. The Labute approximate surface area is 131 Å². The van der Waals surface area contributed by atoms with Crippen molar-refractivity contribution in [2.75, 3.05) is 11.9 Å². The fraction of sp³-hybridized carbons (Fsp3) is 0.263. The van der Waals surface area contributed by atoms with E-state index in [9.17, 15) is 4.79 Å². The quantitative estimate of drug-likeness (QED) is 0.834. The summed E-state index contributed by atoms with van der Waals surface area (Å²) in [4.78, 5) is 18.6. The molecule has 3 heteroatoms. The van der Waals surface area contributed by atoms with Crippen molar-refractivity contribution in [3.05, 3.63) is 59.7 Å². The van der Waals surface area contributed by atoms with Gasteiger partial charge in [0.15, 0.2) is 0 Å². The highest BCUT2D eigenvalue weighted by Gasteiger charge is 2.30. The SMILES string of the molecule is CCCCc1ccc(N=C2C(=O)N(C)c3ccccc32)cc1. The third-order valence-electron chi connectivity index (χ3n) is 4.02. The molecule has 2 aromatic rings. The van der Waals surface area contributed by atoms with E-state index in [2.05, 4.69) is 24.0 Å². The predicted octanol–water partition coefficient (Wildman–Crippen LogP) is 4.13. The summed E-state index contributed by atoms with van der Waals surface area (Å²) in [5.74, 6) is -0.0451. The molecule has 22 heavy (non-hydrogen) atoms. The van der Waals surface area contributed by atoms with Crippen LogP contribution in [0.5, 0.6) is 0 Å². The fourth-order valence-electron chi connectivity index (χ4n) is 2.71. The molecule has 0 fully saturated rings. The van der Waals surface area contributed by atoms with Crippen LogP contribution in [0.15, 0.2) is 53.5 Å². The number of unbranched alkanes of at least 4 members (excludes halogenated alkanes) is 1. The smallest absolute Gasteiger partial charge is 0.277 e. The first-order valence-corrected chi connectivity index (χ1v) is 7.76. The van der Waals surface area contributed by atoms with Crippen LogP contribution in [0, 0.1) is 0 Å². The van der Waals surface area contributed by atoms with Gasteiger partial charge in [0, 0.05) is 12.6 Å². The van der Waals surface area contributed by atoms with Gasteiger partial charge in [0.25, 0.3) is 5.91 Å². The van der Waals surface area contributed by atoms with Crippen molar-refractivity contribution in [1.29, 1.82) is 0 Å². The number of benzene rings is 2. The number of aliphatic imine (C=N–C) groups is 1. The van der Waals surface area contributed by atoms with Crippen LogP contribution < -0.4 is 4.90 Å². The molecule has 0 unspecified atom stereocenters. The number of anilines is 1. The average molecular weight is 292 g/mol. The van der Waals surface area contributed by atoms with Crippen LogP contribution in [0.3, 0.4) is 0 Å². The van der Waals surface area contributed by atoms with Gasteiger partial charge in [0.1, 0.15) is 5.71 Å². The summed E-state index contributed by atoms with van der Waals surface area (Å²) in [7, 11) is 1.79. The number of para-hydroxylation sites is 1. The highest BCUT2D eigenvalue weighted by molar-refractivity contribution is 6.54. The number of nitrogens with zero attached hydrogens (tertiary/aromatic N) is 2. The van der Waals surface area contributed by atoms with Crippen LogP contribution >= 0.6 is 0 Å². The molecule has 1 heterocycles. The average Bonchev–Trinajstić information content (AvgIpc) is 2.80. The van der Waals surface area contributed by atoms with Crippen LogP contribution in [-0.2, 0) is 11.2 Å². The van der Waals surface area contributed by atoms with Crippen molar-refractivity contribution in [3.63, 3.8) is 0 Å². The van der Waals surface area contributed by atoms with Gasteiger partial charge < -0.3 is 4.90 Å². The van der Waals surface area contributed by atoms with Gasteiger partial charge in [-0.2, -0.15) is 0 Å². The number of amides is 1. The Morgan fingerprint density at radius 3 is 2.50 bits per heavy atom. The summed E-state index contributed by atoms with van der Waals surface area (Å²) in [5.41, 5.74) is 4.50. The molecular weight excluding hydrogens is 272 g/mol. The number of aryl methyl sites for hydroxylation is 1. The Kier molecular flexibility index (Phi) is 4.05. The molecule has 0 atom stereocenters. The Morgan fingerprint density at radius 1 is 1.05 bits per heavy atom. The maximum Gasteiger partial charge on any atom is 0.277 e. The zero-order valence-electron chi connectivity index (χ0n) is 13.0. The summed E-state index contributed by atoms with van der Waals surface area (Å²) in [5, 5.41) is 0. The summed E-state index contributed by atoms with van der Waals surface area (Å²) < 4.78 is 0. The van der Waals surface area contributed by atoms with Crippen LogP contribution in [0.4, 0.5) is 11.4 Å². The standard InChI is InChI=1S/C19H20N2O/c1-3-4-7-14-10-12-15(13-11-14)20-18-16-8-5-6-9-17(16)21(2)19(18)22/h5-6,8-13H,3-4,7H2,1-2H3. The van der Waals surface area contributed by atoms with Crippen molar-refractivity contribution >= 4 is 23.0 Å². The molecule has 2 aromatic carbocycles. The van der Waals surface area contributed by atoms with Crippen molar-refractivity contribution in [2.24, 2.45) is 4.99 Å². The molecule has 0 bridgehead atoms. The van der Waals surface area contributed by atoms with E-state index in [-0.39, 0.29) is 5.91 Å². The van der Waals surface area contributed by atoms with E-state index in [1.807, 2.05) is 36.4 Å². The largest absolute Gasteiger partial charge is 0.309 e. The van der Waals surface area contributed by atoms with Crippen LogP contribution in [0.2, 0.25) is 0 Å². The van der Waals surface area contributed by atoms with E-state index < -0.39 is 0 Å². The monoisotopic (exact) mass is 292 g/mol. The number of likely N-dealkylation sites (N-methyl/N-ethyl adjacent to an activating group) is 1. The van der Waals surface area contributed by atoms with E-state index in [4.69, 9.17) is 0 Å². The maximum absolute atomic E-state index is 12.4. The van der Waals surface area contributed by atoms with Crippen LogP contribution in [-0.4, -0.2) is 18.7 Å². The van der Waals surface area contributed by atoms with Gasteiger partial charge in [-0.25, -0.2) is 4.99 Å². The second-order valence-electron chi connectivity index (χ2n) is 5.61. The van der Waals surface area contributed by atoms with Gasteiger partial charge in [0.2, 0.25) is 0 Å². The first-order valence-electron chi connectivity index (χ1n) is 7.76. The highest BCUT2D eigenvalue weighted by atomic mass is 16.2. The molecule has 0 aliphatic carbocycles. The zero-order chi connectivity index (χ0) is 15.5. The fourth-order valence-corrected chi connectivity index (χ4v) is 2.71. The Morgan fingerprint density at radius 2 is 1.77 bits per heavy atom. The van der Waals surface area contributed by atoms with E-state index in [0.29, 0.717) is 5.71 Å². The van der Waals surface area contributed by atoms with Gasteiger partial charge in [-0.15, -0.1) is 0 Å². The number of carbonyl (C=O) groups excluding carboxylic acids is 1. The molecular formula is C19H20N2O. The van der Waals surface area contributed by atoms with E-state index >= 15 is 0 Å². The summed E-state index contributed by atoms with van der Waals surface area (Å²) in [6, 6.07) is 16.0. The van der Waals surface area contributed by atoms with Crippen molar-refractivity contribution in [1.82, 2.24) is 0 Å². The van der Waals surface area contributed by atoms with Gasteiger partial charge in [0.05, 0.1) is 11.4 Å². The van der Waals surface area contributed by atoms with Crippen LogP contribution in [0.25, 0.3) is 0 Å². The molecule has 0 N–H and O–H groups in total. The highest BCUT2D eigenvalue weighted by Crippen LogP contribution is 2.29. The van der Waals surface area contributed by atoms with Crippen molar-refractivity contribution in [2.45, 2.75) is 26.2 Å². The normalized spacial score (nSPS) is 15.5. The van der Waals surface area contributed by atoms with E-state index in [1.54, 1.807) is 11.9 Å². The third kappa shape index (κ3) is 2.67. The molecule has 0 radical (unpaired) electrons. The van der Waals surface area contributed by atoms with E-state index in [1.165, 1.54) is 18.4 Å². The minimum Gasteiger partial charge on any atom is -0.309 e. The lowest BCUT2D eigenvalue weighted by Crippen LogP contribution is -2.25. The Balaban J connectivity index is 1.90. The lowest BCUT2D eigenvalue weighted by molar-refractivity contribution is -0.111.